The third-order valence-electron chi connectivity index (χ3n) is 4.93. The van der Waals surface area contributed by atoms with Gasteiger partial charge in [-0.25, -0.2) is 0 Å². The first-order valence-corrected chi connectivity index (χ1v) is 8.10. The molecule has 0 aliphatic carbocycles. The molecule has 0 amide bonds. The van der Waals surface area contributed by atoms with Crippen molar-refractivity contribution in [3.8, 4) is 11.5 Å². The lowest BCUT2D eigenvalue weighted by atomic mass is 9.99. The van der Waals surface area contributed by atoms with E-state index in [4.69, 9.17) is 18.9 Å². The second-order valence-corrected chi connectivity index (χ2v) is 6.34. The molecule has 5 nitrogen and oxygen atoms in total. The molecule has 3 aliphatic heterocycles. The zero-order chi connectivity index (χ0) is 14.9. The molecule has 1 aromatic rings. The fourth-order valence-corrected chi connectivity index (χ4v) is 3.86. The molecular formula is C17H23NO4. The van der Waals surface area contributed by atoms with Crippen LogP contribution in [0.2, 0.25) is 0 Å². The Morgan fingerprint density at radius 2 is 2.09 bits per heavy atom. The highest BCUT2D eigenvalue weighted by Crippen LogP contribution is 2.35. The Labute approximate surface area is 131 Å². The number of methoxy groups -OCH3 is 1. The molecule has 3 atom stereocenters. The van der Waals surface area contributed by atoms with E-state index in [9.17, 15) is 0 Å². The van der Waals surface area contributed by atoms with Crippen LogP contribution in [0.25, 0.3) is 0 Å². The van der Waals surface area contributed by atoms with Crippen LogP contribution in [0.5, 0.6) is 11.5 Å². The van der Waals surface area contributed by atoms with Crippen LogP contribution in [0.3, 0.4) is 0 Å². The fraction of sp³-hybridized carbons (Fsp3) is 0.647. The van der Waals surface area contributed by atoms with E-state index in [1.807, 2.05) is 6.07 Å². The first kappa shape index (κ1) is 14.3. The third kappa shape index (κ3) is 2.69. The molecule has 120 valence electrons. The molecule has 0 saturated carbocycles. The van der Waals surface area contributed by atoms with E-state index >= 15 is 0 Å². The smallest absolute Gasteiger partial charge is 0.231 e. The van der Waals surface area contributed by atoms with Crippen LogP contribution < -0.4 is 9.47 Å². The van der Waals surface area contributed by atoms with Crippen molar-refractivity contribution >= 4 is 0 Å². The van der Waals surface area contributed by atoms with Gasteiger partial charge in [0.2, 0.25) is 6.79 Å². The lowest BCUT2D eigenvalue weighted by Crippen LogP contribution is -2.43. The summed E-state index contributed by atoms with van der Waals surface area (Å²) in [4.78, 5) is 2.55. The summed E-state index contributed by atoms with van der Waals surface area (Å²) in [6.45, 7) is 3.10. The summed E-state index contributed by atoms with van der Waals surface area (Å²) in [5.74, 6) is 1.72. The number of rotatable bonds is 4. The quantitative estimate of drug-likeness (QED) is 0.853. The summed E-state index contributed by atoms with van der Waals surface area (Å²) in [5, 5.41) is 0. The van der Waals surface area contributed by atoms with Gasteiger partial charge in [-0.2, -0.15) is 0 Å². The molecule has 22 heavy (non-hydrogen) atoms. The molecule has 0 aromatic heterocycles. The standard InChI is InChI=1S/C17H23NO4/c1-19-10-13-3-4-14-15(22-13)6-7-18(14)9-12-2-5-16-17(8-12)21-11-20-16/h2,5,8,13-15H,3-4,6-7,9-11H2,1H3/t13-,14+,15+/m0/s1. The SMILES string of the molecule is COC[C@@H]1CC[C@@H]2[C@@H](CCN2Cc2ccc3c(c2)OCO3)O1. The van der Waals surface area contributed by atoms with Crippen molar-refractivity contribution in [2.45, 2.75) is 44.1 Å². The van der Waals surface area contributed by atoms with E-state index in [0.29, 0.717) is 25.5 Å². The largest absolute Gasteiger partial charge is 0.454 e. The number of likely N-dealkylation sites (tertiary alicyclic amines) is 1. The molecule has 3 aliphatic rings. The lowest BCUT2D eigenvalue weighted by molar-refractivity contribution is -0.0938. The number of hydrogen-bond donors (Lipinski definition) is 0. The Hall–Kier alpha value is -1.30. The maximum absolute atomic E-state index is 6.18. The molecule has 1 aromatic carbocycles. The van der Waals surface area contributed by atoms with Crippen molar-refractivity contribution in [3.63, 3.8) is 0 Å². The highest BCUT2D eigenvalue weighted by atomic mass is 16.7. The number of hydrogen-bond acceptors (Lipinski definition) is 5. The fourth-order valence-electron chi connectivity index (χ4n) is 3.86. The minimum Gasteiger partial charge on any atom is -0.454 e. The van der Waals surface area contributed by atoms with Gasteiger partial charge in [-0.15, -0.1) is 0 Å². The van der Waals surface area contributed by atoms with E-state index in [1.165, 1.54) is 12.0 Å². The maximum Gasteiger partial charge on any atom is 0.231 e. The number of fused-ring (bicyclic) bond motifs is 2. The summed E-state index contributed by atoms with van der Waals surface area (Å²) in [6.07, 6.45) is 4.05. The van der Waals surface area contributed by atoms with Crippen molar-refractivity contribution in [2.75, 3.05) is 27.1 Å². The second-order valence-electron chi connectivity index (χ2n) is 6.34. The molecule has 0 bridgehead atoms. The summed E-state index contributed by atoms with van der Waals surface area (Å²) in [6, 6.07) is 6.79. The number of benzene rings is 1. The van der Waals surface area contributed by atoms with Gasteiger partial charge < -0.3 is 18.9 Å². The molecule has 3 heterocycles. The van der Waals surface area contributed by atoms with E-state index in [2.05, 4.69) is 17.0 Å². The maximum atomic E-state index is 6.18. The van der Waals surface area contributed by atoms with E-state index in [-0.39, 0.29) is 6.10 Å². The van der Waals surface area contributed by atoms with E-state index < -0.39 is 0 Å². The molecule has 4 rings (SSSR count). The highest BCUT2D eigenvalue weighted by Gasteiger charge is 2.39. The van der Waals surface area contributed by atoms with Crippen molar-refractivity contribution in [3.05, 3.63) is 23.8 Å². The predicted octanol–water partition coefficient (Wildman–Crippen LogP) is 2.18. The van der Waals surface area contributed by atoms with Crippen molar-refractivity contribution in [1.82, 2.24) is 4.90 Å². The van der Waals surface area contributed by atoms with Gasteiger partial charge in [-0.3, -0.25) is 4.90 Å². The second kappa shape index (κ2) is 6.07. The van der Waals surface area contributed by atoms with E-state index in [0.717, 1.165) is 37.4 Å². The molecule has 0 spiro atoms. The third-order valence-corrected chi connectivity index (χ3v) is 4.93. The van der Waals surface area contributed by atoms with Crippen LogP contribution in [0, 0.1) is 0 Å². The monoisotopic (exact) mass is 305 g/mol. The molecule has 0 radical (unpaired) electrons. The van der Waals surface area contributed by atoms with Gasteiger partial charge in [0.05, 0.1) is 18.8 Å². The molecular weight excluding hydrogens is 282 g/mol. The normalized spacial score (nSPS) is 30.5. The van der Waals surface area contributed by atoms with Crippen LogP contribution in [-0.4, -0.2) is 50.2 Å². The first-order valence-electron chi connectivity index (χ1n) is 8.10. The first-order chi connectivity index (χ1) is 10.8. The molecule has 2 fully saturated rings. The van der Waals surface area contributed by atoms with Gasteiger partial charge in [0.15, 0.2) is 11.5 Å². The minimum atomic E-state index is 0.275. The van der Waals surface area contributed by atoms with Gasteiger partial charge in [0.25, 0.3) is 0 Å². The van der Waals surface area contributed by atoms with Gasteiger partial charge in [0, 0.05) is 26.2 Å². The van der Waals surface area contributed by atoms with Crippen molar-refractivity contribution in [1.29, 1.82) is 0 Å². The molecule has 5 heteroatoms. The molecule has 0 unspecified atom stereocenters. The summed E-state index contributed by atoms with van der Waals surface area (Å²) in [5.41, 5.74) is 1.28. The highest BCUT2D eigenvalue weighted by molar-refractivity contribution is 5.44. The zero-order valence-electron chi connectivity index (χ0n) is 13.0. The average Bonchev–Trinajstić information content (AvgIpc) is 3.14. The van der Waals surface area contributed by atoms with Crippen LogP contribution in [-0.2, 0) is 16.0 Å². The van der Waals surface area contributed by atoms with Gasteiger partial charge in [-0.05, 0) is 37.0 Å². The number of ether oxygens (including phenoxy) is 4. The average molecular weight is 305 g/mol. The Bertz CT molecular complexity index is 535. The summed E-state index contributed by atoms with van der Waals surface area (Å²) in [7, 11) is 1.75. The van der Waals surface area contributed by atoms with Gasteiger partial charge in [-0.1, -0.05) is 6.07 Å². The van der Waals surface area contributed by atoms with Gasteiger partial charge >= 0.3 is 0 Å². The summed E-state index contributed by atoms with van der Waals surface area (Å²) >= 11 is 0. The lowest BCUT2D eigenvalue weighted by Gasteiger charge is -2.35. The zero-order valence-corrected chi connectivity index (χ0v) is 13.0. The van der Waals surface area contributed by atoms with Crippen molar-refractivity contribution in [2.24, 2.45) is 0 Å². The van der Waals surface area contributed by atoms with E-state index in [1.54, 1.807) is 7.11 Å². The summed E-state index contributed by atoms with van der Waals surface area (Å²) < 4.78 is 22.3. The van der Waals surface area contributed by atoms with Crippen LogP contribution >= 0.6 is 0 Å². The Morgan fingerprint density at radius 1 is 1.18 bits per heavy atom. The Morgan fingerprint density at radius 3 is 3.00 bits per heavy atom. The van der Waals surface area contributed by atoms with Crippen LogP contribution in [0.15, 0.2) is 18.2 Å². The predicted molar refractivity (Wildman–Crippen MR) is 81.2 cm³/mol. The minimum absolute atomic E-state index is 0.275. The Balaban J connectivity index is 1.40. The van der Waals surface area contributed by atoms with Crippen molar-refractivity contribution < 1.29 is 18.9 Å². The van der Waals surface area contributed by atoms with Crippen LogP contribution in [0.1, 0.15) is 24.8 Å². The molecule has 2 saturated heterocycles. The van der Waals surface area contributed by atoms with Crippen LogP contribution in [0.4, 0.5) is 0 Å². The topological polar surface area (TPSA) is 40.2 Å². The Kier molecular flexibility index (Phi) is 3.94. The molecule has 0 N–H and O–H groups in total. The van der Waals surface area contributed by atoms with Gasteiger partial charge in [0.1, 0.15) is 0 Å². The number of nitrogens with zero attached hydrogens (tertiary/aromatic N) is 1.